The van der Waals surface area contributed by atoms with Crippen LogP contribution in [0.4, 0.5) is 5.69 Å². The van der Waals surface area contributed by atoms with Crippen LogP contribution in [0.25, 0.3) is 5.82 Å². The fraction of sp³-hybridized carbons (Fsp3) is 0.154. The van der Waals surface area contributed by atoms with E-state index in [4.69, 9.17) is 0 Å². The number of aromatic nitrogens is 5. The molecule has 19 heavy (non-hydrogen) atoms. The summed E-state index contributed by atoms with van der Waals surface area (Å²) in [6.07, 6.45) is 7.08. The van der Waals surface area contributed by atoms with E-state index in [-0.39, 0.29) is 0 Å². The number of H-pyrrole nitrogens is 1. The quantitative estimate of drug-likeness (QED) is 0.746. The lowest BCUT2D eigenvalue weighted by molar-refractivity contribution is 0.847. The zero-order valence-corrected chi connectivity index (χ0v) is 10.5. The second-order valence-electron chi connectivity index (χ2n) is 4.18. The van der Waals surface area contributed by atoms with E-state index in [1.54, 1.807) is 23.4 Å². The van der Waals surface area contributed by atoms with Gasteiger partial charge in [-0.05, 0) is 25.1 Å². The minimum absolute atomic E-state index is 0.679. The average molecular weight is 254 g/mol. The third kappa shape index (κ3) is 2.47. The normalized spacial score (nSPS) is 10.6. The third-order valence-corrected chi connectivity index (χ3v) is 2.88. The zero-order valence-electron chi connectivity index (χ0n) is 10.5. The summed E-state index contributed by atoms with van der Waals surface area (Å²) in [5.41, 5.74) is 3.04. The maximum absolute atomic E-state index is 4.35. The number of pyridine rings is 1. The molecular weight excluding hydrogens is 240 g/mol. The van der Waals surface area contributed by atoms with E-state index in [1.807, 2.05) is 31.3 Å². The molecule has 3 aromatic heterocycles. The van der Waals surface area contributed by atoms with Gasteiger partial charge in [0.05, 0.1) is 30.5 Å². The van der Waals surface area contributed by atoms with Gasteiger partial charge in [-0.15, -0.1) is 0 Å². The van der Waals surface area contributed by atoms with E-state index in [9.17, 15) is 0 Å². The predicted octanol–water partition coefficient (Wildman–Crippen LogP) is 1.91. The summed E-state index contributed by atoms with van der Waals surface area (Å²) in [5.74, 6) is 0.798. The van der Waals surface area contributed by atoms with Gasteiger partial charge in [-0.2, -0.15) is 5.10 Å². The van der Waals surface area contributed by atoms with Gasteiger partial charge >= 0.3 is 0 Å². The summed E-state index contributed by atoms with van der Waals surface area (Å²) >= 11 is 0. The van der Waals surface area contributed by atoms with Crippen molar-refractivity contribution < 1.29 is 0 Å². The summed E-state index contributed by atoms with van der Waals surface area (Å²) in [4.78, 5) is 11.6. The molecule has 3 aromatic rings. The van der Waals surface area contributed by atoms with Crippen LogP contribution < -0.4 is 5.32 Å². The van der Waals surface area contributed by atoms with E-state index in [1.165, 1.54) is 0 Å². The van der Waals surface area contributed by atoms with Crippen molar-refractivity contribution in [1.82, 2.24) is 24.7 Å². The SMILES string of the molecule is Cc1[nH]cnc1CNc1ccc(-n2cccn2)nc1. The molecule has 96 valence electrons. The van der Waals surface area contributed by atoms with Crippen molar-refractivity contribution in [3.8, 4) is 5.82 Å². The molecule has 6 nitrogen and oxygen atoms in total. The van der Waals surface area contributed by atoms with Gasteiger partial charge < -0.3 is 10.3 Å². The van der Waals surface area contributed by atoms with Crippen LogP contribution in [0.15, 0.2) is 43.1 Å². The minimum atomic E-state index is 0.679. The molecule has 0 aliphatic rings. The topological polar surface area (TPSA) is 71.4 Å². The van der Waals surface area contributed by atoms with Crippen molar-refractivity contribution in [3.63, 3.8) is 0 Å². The van der Waals surface area contributed by atoms with Crippen molar-refractivity contribution in [3.05, 3.63) is 54.5 Å². The third-order valence-electron chi connectivity index (χ3n) is 2.88. The molecule has 0 radical (unpaired) electrons. The van der Waals surface area contributed by atoms with Crippen LogP contribution in [0.1, 0.15) is 11.4 Å². The molecule has 0 fully saturated rings. The molecule has 0 aromatic carbocycles. The first-order chi connectivity index (χ1) is 9.33. The predicted molar refractivity (Wildman–Crippen MR) is 72.0 cm³/mol. The largest absolute Gasteiger partial charge is 0.378 e. The Hall–Kier alpha value is -2.63. The van der Waals surface area contributed by atoms with Gasteiger partial charge in [-0.3, -0.25) is 0 Å². The van der Waals surface area contributed by atoms with Gasteiger partial charge in [0.15, 0.2) is 5.82 Å². The van der Waals surface area contributed by atoms with Gasteiger partial charge in [-0.1, -0.05) is 0 Å². The highest BCUT2D eigenvalue weighted by atomic mass is 15.3. The van der Waals surface area contributed by atoms with Gasteiger partial charge in [0.2, 0.25) is 0 Å². The number of anilines is 1. The van der Waals surface area contributed by atoms with Crippen molar-refractivity contribution in [2.75, 3.05) is 5.32 Å². The lowest BCUT2D eigenvalue weighted by atomic mass is 10.3. The molecule has 0 unspecified atom stereocenters. The highest BCUT2D eigenvalue weighted by molar-refractivity contribution is 5.43. The molecule has 0 atom stereocenters. The highest BCUT2D eigenvalue weighted by Crippen LogP contribution is 2.11. The van der Waals surface area contributed by atoms with Gasteiger partial charge in [0.1, 0.15) is 0 Å². The fourth-order valence-corrected chi connectivity index (χ4v) is 1.78. The standard InChI is InChI=1S/C13H14N6/c1-10-12(17-9-16-10)8-14-11-3-4-13(15-7-11)19-6-2-5-18-19/h2-7,9,14H,8H2,1H3,(H,16,17). The maximum atomic E-state index is 4.35. The summed E-state index contributed by atoms with van der Waals surface area (Å²) in [5, 5.41) is 7.42. The van der Waals surface area contributed by atoms with E-state index >= 15 is 0 Å². The van der Waals surface area contributed by atoms with Crippen LogP contribution in [0.5, 0.6) is 0 Å². The van der Waals surface area contributed by atoms with Crippen molar-refractivity contribution in [2.24, 2.45) is 0 Å². The second-order valence-corrected chi connectivity index (χ2v) is 4.18. The van der Waals surface area contributed by atoms with Gasteiger partial charge in [0, 0.05) is 18.1 Å². The van der Waals surface area contributed by atoms with Gasteiger partial charge in [-0.25, -0.2) is 14.6 Å². The molecule has 0 saturated heterocycles. The van der Waals surface area contributed by atoms with Crippen molar-refractivity contribution in [1.29, 1.82) is 0 Å². The molecule has 0 saturated carbocycles. The lowest BCUT2D eigenvalue weighted by Crippen LogP contribution is -2.03. The number of rotatable bonds is 4. The molecule has 0 bridgehead atoms. The van der Waals surface area contributed by atoms with E-state index in [2.05, 4.69) is 25.4 Å². The number of imidazole rings is 1. The molecule has 2 N–H and O–H groups in total. The molecular formula is C13H14N6. The Morgan fingerprint density at radius 1 is 1.32 bits per heavy atom. The Kier molecular flexibility index (Phi) is 2.97. The van der Waals surface area contributed by atoms with Crippen LogP contribution in [-0.2, 0) is 6.54 Å². The van der Waals surface area contributed by atoms with Crippen molar-refractivity contribution in [2.45, 2.75) is 13.5 Å². The molecule has 0 amide bonds. The molecule has 0 spiro atoms. The average Bonchev–Trinajstić information content (AvgIpc) is 3.09. The van der Waals surface area contributed by atoms with Gasteiger partial charge in [0.25, 0.3) is 0 Å². The lowest BCUT2D eigenvalue weighted by Gasteiger charge is -2.06. The Labute approximate surface area is 110 Å². The molecule has 3 rings (SSSR count). The Balaban J connectivity index is 1.68. The summed E-state index contributed by atoms with van der Waals surface area (Å²) < 4.78 is 1.72. The number of aromatic amines is 1. The Morgan fingerprint density at radius 2 is 2.26 bits per heavy atom. The molecule has 6 heteroatoms. The zero-order chi connectivity index (χ0) is 13.1. The van der Waals surface area contributed by atoms with Crippen LogP contribution >= 0.6 is 0 Å². The maximum Gasteiger partial charge on any atom is 0.153 e. The summed E-state index contributed by atoms with van der Waals surface area (Å²) in [6, 6.07) is 5.77. The monoisotopic (exact) mass is 254 g/mol. The van der Waals surface area contributed by atoms with Crippen LogP contribution in [0, 0.1) is 6.92 Å². The summed E-state index contributed by atoms with van der Waals surface area (Å²) in [6.45, 7) is 2.68. The first-order valence-electron chi connectivity index (χ1n) is 6.02. The number of hydrogen-bond acceptors (Lipinski definition) is 4. The fourth-order valence-electron chi connectivity index (χ4n) is 1.78. The molecule has 0 aliphatic carbocycles. The Morgan fingerprint density at radius 3 is 2.89 bits per heavy atom. The molecule has 3 heterocycles. The number of hydrogen-bond donors (Lipinski definition) is 2. The smallest absolute Gasteiger partial charge is 0.153 e. The number of aryl methyl sites for hydroxylation is 1. The van der Waals surface area contributed by atoms with Crippen molar-refractivity contribution >= 4 is 5.69 Å². The summed E-state index contributed by atoms with van der Waals surface area (Å²) in [7, 11) is 0. The second kappa shape index (κ2) is 4.93. The van der Waals surface area contributed by atoms with Crippen LogP contribution in [0.2, 0.25) is 0 Å². The first kappa shape index (κ1) is 11.5. The number of nitrogens with zero attached hydrogens (tertiary/aromatic N) is 4. The molecule has 0 aliphatic heterocycles. The minimum Gasteiger partial charge on any atom is -0.378 e. The first-order valence-corrected chi connectivity index (χ1v) is 6.02. The van der Waals surface area contributed by atoms with E-state index < -0.39 is 0 Å². The number of nitrogens with one attached hydrogen (secondary N) is 2. The highest BCUT2D eigenvalue weighted by Gasteiger charge is 2.01. The van der Waals surface area contributed by atoms with Crippen LogP contribution in [-0.4, -0.2) is 24.7 Å². The van der Waals surface area contributed by atoms with Crippen LogP contribution in [0.3, 0.4) is 0 Å². The Bertz CT molecular complexity index is 638. The van der Waals surface area contributed by atoms with E-state index in [0.29, 0.717) is 6.54 Å². The van der Waals surface area contributed by atoms with E-state index in [0.717, 1.165) is 22.9 Å².